The summed E-state index contributed by atoms with van der Waals surface area (Å²) >= 11 is 7.13. The lowest BCUT2D eigenvalue weighted by Crippen LogP contribution is -1.98. The van der Waals surface area contributed by atoms with Gasteiger partial charge in [0.2, 0.25) is 0 Å². The number of rotatable bonds is 2. The average Bonchev–Trinajstić information content (AvgIpc) is 2.34. The summed E-state index contributed by atoms with van der Waals surface area (Å²) in [5.74, 6) is 0. The molecule has 0 aromatic heterocycles. The fraction of sp³-hybridized carbons (Fsp3) is 0.143. The van der Waals surface area contributed by atoms with E-state index in [0.29, 0.717) is 0 Å². The zero-order valence-corrected chi connectivity index (χ0v) is 11.8. The van der Waals surface area contributed by atoms with Gasteiger partial charge in [0.05, 0.1) is 0 Å². The monoisotopic (exact) mass is 336 g/mol. The lowest BCUT2D eigenvalue weighted by Gasteiger charge is -2.11. The fourth-order valence-electron chi connectivity index (χ4n) is 2.40. The van der Waals surface area contributed by atoms with Gasteiger partial charge in [-0.25, -0.2) is 0 Å². The maximum atomic E-state index is 3.56. The molecular weight excluding hydrogens is 328 g/mol. The largest absolute Gasteiger partial charge is 0.0876 e. The van der Waals surface area contributed by atoms with Crippen LogP contribution in [0.2, 0.25) is 0 Å². The Balaban J connectivity index is 2.56. The van der Waals surface area contributed by atoms with E-state index in [0.717, 1.165) is 10.7 Å². The normalized spacial score (nSPS) is 11.6. The first-order valence-corrected chi connectivity index (χ1v) is 7.47. The second-order valence-electron chi connectivity index (χ2n) is 3.95. The zero-order chi connectivity index (χ0) is 11.1. The van der Waals surface area contributed by atoms with Crippen molar-refractivity contribution in [1.82, 2.24) is 0 Å². The summed E-state index contributed by atoms with van der Waals surface area (Å²) < 4.78 is 0. The summed E-state index contributed by atoms with van der Waals surface area (Å²) in [6, 6.07) is 13.1. The molecule has 0 atom stereocenters. The lowest BCUT2D eigenvalue weighted by atomic mass is 9.95. The Kier molecular flexibility index (Phi) is 2.64. The second-order valence-corrected chi connectivity index (χ2v) is 5.07. The minimum atomic E-state index is 0.923. The number of hydrogen-bond donors (Lipinski definition) is 0. The van der Waals surface area contributed by atoms with Crippen molar-refractivity contribution in [3.8, 4) is 0 Å². The molecule has 2 aromatic rings. The highest BCUT2D eigenvalue weighted by molar-refractivity contribution is 9.08. The maximum absolute atomic E-state index is 3.56. The van der Waals surface area contributed by atoms with Crippen LogP contribution in [-0.4, -0.2) is 0 Å². The summed E-state index contributed by atoms with van der Waals surface area (Å²) in [4.78, 5) is 0. The van der Waals surface area contributed by atoms with Gasteiger partial charge in [0.1, 0.15) is 0 Å². The standard InChI is InChI=1S/C14H10Br2/c15-7-9-3-1-5-11-12-6-2-4-10(8-16)14(12)13(9)11/h1-6H,7-8H2. The molecule has 2 aromatic carbocycles. The summed E-state index contributed by atoms with van der Waals surface area (Å²) in [6.07, 6.45) is 0. The van der Waals surface area contributed by atoms with Crippen LogP contribution in [0.15, 0.2) is 36.4 Å². The molecule has 0 N–H and O–H groups in total. The molecular formula is C14H10Br2. The van der Waals surface area contributed by atoms with Crippen molar-refractivity contribution in [2.24, 2.45) is 0 Å². The van der Waals surface area contributed by atoms with Crippen LogP contribution in [0.5, 0.6) is 0 Å². The zero-order valence-electron chi connectivity index (χ0n) is 8.63. The Morgan fingerprint density at radius 3 is 1.50 bits per heavy atom. The van der Waals surface area contributed by atoms with Crippen LogP contribution >= 0.6 is 31.9 Å². The summed E-state index contributed by atoms with van der Waals surface area (Å²) in [7, 11) is 0. The average molecular weight is 338 g/mol. The van der Waals surface area contributed by atoms with Crippen molar-refractivity contribution < 1.29 is 0 Å². The third kappa shape index (κ3) is 1.33. The van der Waals surface area contributed by atoms with Gasteiger partial charge in [0.25, 0.3) is 0 Å². The molecule has 0 amide bonds. The highest BCUT2D eigenvalue weighted by atomic mass is 79.9. The first kappa shape index (κ1) is 10.5. The number of benzene rings is 2. The molecule has 0 fully saturated rings. The minimum Gasteiger partial charge on any atom is -0.0876 e. The molecule has 16 heavy (non-hydrogen) atoms. The molecule has 0 radical (unpaired) electrons. The predicted molar refractivity (Wildman–Crippen MR) is 73.5 cm³/mol. The van der Waals surface area contributed by atoms with E-state index in [1.807, 2.05) is 0 Å². The van der Waals surface area contributed by atoms with Gasteiger partial charge in [0.15, 0.2) is 0 Å². The van der Waals surface area contributed by atoms with Crippen LogP contribution in [0.25, 0.3) is 0 Å². The van der Waals surface area contributed by atoms with Crippen molar-refractivity contribution in [3.63, 3.8) is 0 Å². The molecule has 1 aliphatic rings. The van der Waals surface area contributed by atoms with E-state index in [-0.39, 0.29) is 0 Å². The Morgan fingerprint density at radius 2 is 1.12 bits per heavy atom. The smallest absolute Gasteiger partial charge is 0.0289 e. The van der Waals surface area contributed by atoms with Gasteiger partial charge in [-0.1, -0.05) is 68.3 Å². The molecule has 3 rings (SSSR count). The van der Waals surface area contributed by atoms with Crippen molar-refractivity contribution >= 4 is 31.9 Å². The molecule has 0 unspecified atom stereocenters. The van der Waals surface area contributed by atoms with Crippen LogP contribution in [-0.2, 0) is 10.7 Å². The highest BCUT2D eigenvalue weighted by Gasteiger charge is 2.08. The van der Waals surface area contributed by atoms with Crippen LogP contribution in [0.1, 0.15) is 11.1 Å². The molecule has 1 aliphatic carbocycles. The third-order valence-corrected chi connectivity index (χ3v) is 4.34. The molecule has 2 heteroatoms. The molecule has 0 spiro atoms. The van der Waals surface area contributed by atoms with E-state index >= 15 is 0 Å². The van der Waals surface area contributed by atoms with Crippen LogP contribution < -0.4 is 0 Å². The molecule has 80 valence electrons. The van der Waals surface area contributed by atoms with Crippen LogP contribution in [0.4, 0.5) is 0 Å². The Bertz CT molecular complexity index is 669. The van der Waals surface area contributed by atoms with Gasteiger partial charge in [0, 0.05) is 10.7 Å². The van der Waals surface area contributed by atoms with Crippen molar-refractivity contribution in [3.05, 3.63) is 68.4 Å². The number of alkyl halides is 2. The van der Waals surface area contributed by atoms with E-state index in [2.05, 4.69) is 68.3 Å². The van der Waals surface area contributed by atoms with E-state index < -0.39 is 0 Å². The summed E-state index contributed by atoms with van der Waals surface area (Å²) in [5.41, 5.74) is 2.77. The topological polar surface area (TPSA) is 0 Å². The number of fused-ring (bicyclic) bond motifs is 2. The van der Waals surface area contributed by atoms with Gasteiger partial charge < -0.3 is 0 Å². The SMILES string of the molecule is BrCc1cccc2c1=c1c(CBr)cccc1=2. The van der Waals surface area contributed by atoms with Gasteiger partial charge in [-0.15, -0.1) is 0 Å². The van der Waals surface area contributed by atoms with Crippen molar-refractivity contribution in [2.45, 2.75) is 10.7 Å². The summed E-state index contributed by atoms with van der Waals surface area (Å²) in [5, 5.41) is 7.51. The van der Waals surface area contributed by atoms with Crippen LogP contribution in [0, 0.1) is 20.9 Å². The van der Waals surface area contributed by atoms with Gasteiger partial charge in [-0.3, -0.25) is 0 Å². The first-order chi connectivity index (χ1) is 7.86. The summed E-state index contributed by atoms with van der Waals surface area (Å²) in [6.45, 7) is 0. The van der Waals surface area contributed by atoms with Gasteiger partial charge in [-0.05, 0) is 32.0 Å². The molecule has 0 saturated carbocycles. The molecule has 0 heterocycles. The van der Waals surface area contributed by atoms with E-state index in [9.17, 15) is 0 Å². The lowest BCUT2D eigenvalue weighted by molar-refractivity contribution is 1.18. The van der Waals surface area contributed by atoms with E-state index in [1.54, 1.807) is 0 Å². The Labute approximate surface area is 111 Å². The minimum absolute atomic E-state index is 0.923. The number of halogens is 2. The maximum Gasteiger partial charge on any atom is 0.0289 e. The number of hydrogen-bond acceptors (Lipinski definition) is 0. The van der Waals surface area contributed by atoms with Crippen molar-refractivity contribution in [2.75, 3.05) is 0 Å². The molecule has 0 bridgehead atoms. The Morgan fingerprint density at radius 1 is 0.688 bits per heavy atom. The quantitative estimate of drug-likeness (QED) is 0.609. The van der Waals surface area contributed by atoms with Gasteiger partial charge >= 0.3 is 0 Å². The van der Waals surface area contributed by atoms with E-state index in [4.69, 9.17) is 0 Å². The van der Waals surface area contributed by atoms with E-state index in [1.165, 1.54) is 32.0 Å². The van der Waals surface area contributed by atoms with Crippen LogP contribution in [0.3, 0.4) is 0 Å². The Hall–Kier alpha value is -0.600. The third-order valence-electron chi connectivity index (χ3n) is 3.13. The highest BCUT2D eigenvalue weighted by Crippen LogP contribution is 2.22. The molecule has 0 nitrogen and oxygen atoms in total. The second kappa shape index (κ2) is 4.01. The fourth-order valence-corrected chi connectivity index (χ4v) is 3.33. The van der Waals surface area contributed by atoms with Gasteiger partial charge in [-0.2, -0.15) is 0 Å². The predicted octanol–water partition coefficient (Wildman–Crippen LogP) is 4.36. The first-order valence-electron chi connectivity index (χ1n) is 5.23. The molecule has 0 saturated heterocycles. The molecule has 0 aliphatic heterocycles. The van der Waals surface area contributed by atoms with Crippen molar-refractivity contribution in [1.29, 1.82) is 0 Å².